The molecule has 0 aliphatic carbocycles. The number of halogens is 1. The summed E-state index contributed by atoms with van der Waals surface area (Å²) in [4.78, 5) is 8.85. The Morgan fingerprint density at radius 3 is 2.86 bits per heavy atom. The molecule has 1 aromatic heterocycles. The van der Waals surface area contributed by atoms with E-state index in [9.17, 15) is 8.42 Å². The molecule has 0 radical (unpaired) electrons. The fraction of sp³-hybridized carbons (Fsp3) is 0.500. The van der Waals surface area contributed by atoms with Crippen molar-refractivity contribution >= 4 is 27.4 Å². The van der Waals surface area contributed by atoms with Crippen molar-refractivity contribution in [3.63, 3.8) is 0 Å². The van der Waals surface area contributed by atoms with E-state index in [0.717, 1.165) is 5.56 Å². The molecular formula is C18H26ClN5O3S. The van der Waals surface area contributed by atoms with Crippen LogP contribution in [0.5, 0.6) is 0 Å². The summed E-state index contributed by atoms with van der Waals surface area (Å²) in [6.07, 6.45) is 2.23. The first kappa shape index (κ1) is 22.2. The third kappa shape index (κ3) is 7.85. The normalized spacial score (nSPS) is 13.4. The third-order valence-corrected chi connectivity index (χ3v) is 5.01. The molecule has 2 rings (SSSR count). The van der Waals surface area contributed by atoms with E-state index < -0.39 is 9.84 Å². The smallest absolute Gasteiger partial charge is 0.228 e. The standard InChI is InChI=1S/C18H26ClN5O3S/c1-4-20-18(22-13(2)9-11-28(3,25)26)21-10-8-16-23-17(24-27-16)14-6-5-7-15(19)12-14/h5-7,12-13H,4,8-11H2,1-3H3,(H2,20,21,22). The number of nitrogens with one attached hydrogen (secondary N) is 2. The van der Waals surface area contributed by atoms with Gasteiger partial charge in [-0.05, 0) is 32.4 Å². The maximum atomic E-state index is 11.3. The van der Waals surface area contributed by atoms with Gasteiger partial charge in [0.25, 0.3) is 0 Å². The molecule has 28 heavy (non-hydrogen) atoms. The monoisotopic (exact) mass is 427 g/mol. The van der Waals surface area contributed by atoms with Gasteiger partial charge in [0.05, 0.1) is 12.3 Å². The number of hydrogen-bond donors (Lipinski definition) is 2. The molecule has 0 spiro atoms. The van der Waals surface area contributed by atoms with Crippen molar-refractivity contribution in [3.8, 4) is 11.4 Å². The molecule has 0 fully saturated rings. The molecule has 0 aliphatic heterocycles. The SMILES string of the molecule is CCNC(=NCCc1nc(-c2cccc(Cl)c2)no1)NC(C)CCS(C)(=O)=O. The summed E-state index contributed by atoms with van der Waals surface area (Å²) in [7, 11) is -2.98. The quantitative estimate of drug-likeness (QED) is 0.466. The first-order valence-corrected chi connectivity index (χ1v) is 11.5. The average molecular weight is 428 g/mol. The van der Waals surface area contributed by atoms with Crippen LogP contribution in [0.4, 0.5) is 0 Å². The van der Waals surface area contributed by atoms with Crippen LogP contribution < -0.4 is 10.6 Å². The van der Waals surface area contributed by atoms with Crippen LogP contribution in [-0.2, 0) is 16.3 Å². The van der Waals surface area contributed by atoms with Crippen LogP contribution >= 0.6 is 11.6 Å². The van der Waals surface area contributed by atoms with E-state index in [4.69, 9.17) is 16.1 Å². The second-order valence-corrected chi connectivity index (χ2v) is 9.19. The first-order chi connectivity index (χ1) is 13.3. The summed E-state index contributed by atoms with van der Waals surface area (Å²) in [5.74, 6) is 1.73. The van der Waals surface area contributed by atoms with Crippen molar-refractivity contribution in [3.05, 3.63) is 35.2 Å². The lowest BCUT2D eigenvalue weighted by atomic mass is 10.2. The summed E-state index contributed by atoms with van der Waals surface area (Å²) >= 11 is 5.99. The Morgan fingerprint density at radius 1 is 1.39 bits per heavy atom. The topological polar surface area (TPSA) is 109 Å². The van der Waals surface area contributed by atoms with Gasteiger partial charge in [-0.2, -0.15) is 4.98 Å². The van der Waals surface area contributed by atoms with Gasteiger partial charge in [0, 0.05) is 35.8 Å². The largest absolute Gasteiger partial charge is 0.357 e. The van der Waals surface area contributed by atoms with Crippen molar-refractivity contribution in [2.75, 3.05) is 25.1 Å². The van der Waals surface area contributed by atoms with Gasteiger partial charge >= 0.3 is 0 Å². The molecular weight excluding hydrogens is 402 g/mol. The summed E-state index contributed by atoms with van der Waals surface area (Å²) in [5.41, 5.74) is 0.792. The van der Waals surface area contributed by atoms with Gasteiger partial charge in [-0.15, -0.1) is 0 Å². The number of aromatic nitrogens is 2. The average Bonchev–Trinajstić information content (AvgIpc) is 3.08. The molecule has 0 saturated carbocycles. The maximum absolute atomic E-state index is 11.3. The predicted molar refractivity (Wildman–Crippen MR) is 111 cm³/mol. The van der Waals surface area contributed by atoms with E-state index in [-0.39, 0.29) is 11.8 Å². The zero-order chi connectivity index (χ0) is 20.6. The van der Waals surface area contributed by atoms with Crippen molar-refractivity contribution in [1.82, 2.24) is 20.8 Å². The summed E-state index contributed by atoms with van der Waals surface area (Å²) in [5, 5.41) is 10.9. The minimum Gasteiger partial charge on any atom is -0.357 e. The zero-order valence-electron chi connectivity index (χ0n) is 16.3. The van der Waals surface area contributed by atoms with E-state index in [0.29, 0.717) is 48.6 Å². The van der Waals surface area contributed by atoms with E-state index in [1.165, 1.54) is 6.26 Å². The molecule has 0 bridgehead atoms. The Morgan fingerprint density at radius 2 is 2.18 bits per heavy atom. The number of sulfone groups is 1. The summed E-state index contributed by atoms with van der Waals surface area (Å²) < 4.78 is 27.9. The second-order valence-electron chi connectivity index (χ2n) is 6.50. The number of benzene rings is 1. The third-order valence-electron chi connectivity index (χ3n) is 3.80. The molecule has 2 N–H and O–H groups in total. The summed E-state index contributed by atoms with van der Waals surface area (Å²) in [6, 6.07) is 7.23. The Balaban J connectivity index is 1.91. The Bertz CT molecular complexity index is 898. The van der Waals surface area contributed by atoms with Gasteiger partial charge in [0.15, 0.2) is 5.96 Å². The van der Waals surface area contributed by atoms with E-state index in [1.54, 1.807) is 12.1 Å². The molecule has 0 saturated heterocycles. The van der Waals surface area contributed by atoms with Crippen LogP contribution in [0.15, 0.2) is 33.8 Å². The fourth-order valence-corrected chi connectivity index (χ4v) is 3.35. The van der Waals surface area contributed by atoms with E-state index >= 15 is 0 Å². The first-order valence-electron chi connectivity index (χ1n) is 9.08. The molecule has 1 aromatic carbocycles. The fourth-order valence-electron chi connectivity index (χ4n) is 2.38. The van der Waals surface area contributed by atoms with Crippen LogP contribution in [0.25, 0.3) is 11.4 Å². The van der Waals surface area contributed by atoms with E-state index in [2.05, 4.69) is 25.8 Å². The Hall–Kier alpha value is -2.13. The second kappa shape index (κ2) is 10.4. The van der Waals surface area contributed by atoms with Crippen molar-refractivity contribution in [2.24, 2.45) is 4.99 Å². The van der Waals surface area contributed by atoms with Gasteiger partial charge in [0.2, 0.25) is 11.7 Å². The van der Waals surface area contributed by atoms with Crippen molar-refractivity contribution in [2.45, 2.75) is 32.7 Å². The molecule has 154 valence electrons. The highest BCUT2D eigenvalue weighted by Crippen LogP contribution is 2.19. The lowest BCUT2D eigenvalue weighted by Crippen LogP contribution is -2.43. The summed E-state index contributed by atoms with van der Waals surface area (Å²) in [6.45, 7) is 5.04. The van der Waals surface area contributed by atoms with Gasteiger partial charge < -0.3 is 15.2 Å². The number of rotatable bonds is 9. The molecule has 1 heterocycles. The molecule has 1 unspecified atom stereocenters. The van der Waals surface area contributed by atoms with Crippen LogP contribution in [0.1, 0.15) is 26.2 Å². The molecule has 1 atom stereocenters. The Kier molecular flexibility index (Phi) is 8.25. The highest BCUT2D eigenvalue weighted by atomic mass is 35.5. The van der Waals surface area contributed by atoms with Gasteiger partial charge in [0.1, 0.15) is 9.84 Å². The molecule has 0 amide bonds. The number of nitrogens with zero attached hydrogens (tertiary/aromatic N) is 3. The minimum atomic E-state index is -2.98. The zero-order valence-corrected chi connectivity index (χ0v) is 17.8. The van der Waals surface area contributed by atoms with Crippen molar-refractivity contribution in [1.29, 1.82) is 0 Å². The molecule has 10 heteroatoms. The van der Waals surface area contributed by atoms with Crippen LogP contribution in [-0.4, -0.2) is 55.7 Å². The molecule has 8 nitrogen and oxygen atoms in total. The van der Waals surface area contributed by atoms with Gasteiger partial charge in [-0.3, -0.25) is 4.99 Å². The molecule has 2 aromatic rings. The van der Waals surface area contributed by atoms with Crippen LogP contribution in [0, 0.1) is 0 Å². The minimum absolute atomic E-state index is 0.0228. The lowest BCUT2D eigenvalue weighted by molar-refractivity contribution is 0.380. The van der Waals surface area contributed by atoms with Crippen LogP contribution in [0.3, 0.4) is 0 Å². The lowest BCUT2D eigenvalue weighted by Gasteiger charge is -2.17. The van der Waals surface area contributed by atoms with Crippen LogP contribution in [0.2, 0.25) is 5.02 Å². The van der Waals surface area contributed by atoms with Crippen molar-refractivity contribution < 1.29 is 12.9 Å². The molecule has 0 aliphatic rings. The van der Waals surface area contributed by atoms with Gasteiger partial charge in [-0.25, -0.2) is 8.42 Å². The van der Waals surface area contributed by atoms with E-state index in [1.807, 2.05) is 26.0 Å². The highest BCUT2D eigenvalue weighted by molar-refractivity contribution is 7.90. The highest BCUT2D eigenvalue weighted by Gasteiger charge is 2.11. The maximum Gasteiger partial charge on any atom is 0.228 e. The Labute approximate surface area is 170 Å². The number of hydrogen-bond acceptors (Lipinski definition) is 6. The van der Waals surface area contributed by atoms with Gasteiger partial charge in [-0.1, -0.05) is 28.9 Å². The predicted octanol–water partition coefficient (Wildman–Crippen LogP) is 2.31. The number of aliphatic imine (C=N–C) groups is 1. The number of guanidine groups is 1.